The minimum Gasteiger partial charge on any atom is -0.462 e. The predicted octanol–water partition coefficient (Wildman–Crippen LogP) is 2.88. The first-order valence-electron chi connectivity index (χ1n) is 10.2. The monoisotopic (exact) mass is 464 g/mol. The number of benzene rings is 1. The molecule has 1 aromatic carbocycles. The van der Waals surface area contributed by atoms with Gasteiger partial charge in [0.25, 0.3) is 0 Å². The highest BCUT2D eigenvalue weighted by atomic mass is 32.2. The number of esters is 2. The van der Waals surface area contributed by atoms with Gasteiger partial charge in [-0.1, -0.05) is 13.8 Å². The molecule has 0 spiro atoms. The Morgan fingerprint density at radius 1 is 0.938 bits per heavy atom. The summed E-state index contributed by atoms with van der Waals surface area (Å²) in [5.41, 5.74) is 1.47. The molecule has 0 aliphatic rings. The lowest BCUT2D eigenvalue weighted by molar-refractivity contribution is 0.0472. The number of hydrogen-bond donors (Lipinski definition) is 1. The Kier molecular flexibility index (Phi) is 8.34. The van der Waals surface area contributed by atoms with Crippen LogP contribution in [-0.4, -0.2) is 61.7 Å². The molecular formula is C22H28N2O7S. The number of carbonyl (C=O) groups is 3. The fraction of sp³-hybridized carbons (Fsp3) is 0.409. The van der Waals surface area contributed by atoms with Crippen molar-refractivity contribution in [3.05, 3.63) is 52.3 Å². The molecule has 32 heavy (non-hydrogen) atoms. The lowest BCUT2D eigenvalue weighted by Crippen LogP contribution is -2.30. The summed E-state index contributed by atoms with van der Waals surface area (Å²) in [4.78, 5) is 39.8. The molecule has 174 valence electrons. The largest absolute Gasteiger partial charge is 0.462 e. The summed E-state index contributed by atoms with van der Waals surface area (Å²) in [7, 11) is -3.64. The number of nitrogens with zero attached hydrogens (tertiary/aromatic N) is 1. The number of sulfonamides is 1. The summed E-state index contributed by atoms with van der Waals surface area (Å²) in [6.07, 6.45) is 0. The first kappa shape index (κ1) is 25.3. The number of rotatable bonds is 10. The fourth-order valence-electron chi connectivity index (χ4n) is 3.30. The van der Waals surface area contributed by atoms with Gasteiger partial charge in [-0.05, 0) is 50.6 Å². The van der Waals surface area contributed by atoms with Crippen LogP contribution < -0.4 is 0 Å². The average molecular weight is 465 g/mol. The van der Waals surface area contributed by atoms with Crippen molar-refractivity contribution in [2.24, 2.45) is 0 Å². The number of Topliss-reactive ketones (excluding diaryl/α,β-unsaturated/α-hetero) is 1. The standard InChI is InChI=1S/C22H28N2O7S/c1-6-24(7-2)32(28,29)17-11-9-16(10-12-17)21(26)31-13-18(25)20-14(4)19(15(5)23-20)22(27)30-8-3/h9-12,23H,6-8,13H2,1-5H3. The van der Waals surface area contributed by atoms with E-state index in [1.807, 2.05) is 0 Å². The van der Waals surface area contributed by atoms with E-state index in [0.29, 0.717) is 24.3 Å². The number of carbonyl (C=O) groups excluding carboxylic acids is 3. The number of aryl methyl sites for hydroxylation is 1. The van der Waals surface area contributed by atoms with E-state index in [2.05, 4.69) is 4.98 Å². The molecule has 1 heterocycles. The van der Waals surface area contributed by atoms with Gasteiger partial charge in [-0.25, -0.2) is 18.0 Å². The Morgan fingerprint density at radius 2 is 1.53 bits per heavy atom. The van der Waals surface area contributed by atoms with Gasteiger partial charge in [-0.2, -0.15) is 4.31 Å². The zero-order valence-corrected chi connectivity index (χ0v) is 19.7. The van der Waals surface area contributed by atoms with Crippen molar-refractivity contribution >= 4 is 27.7 Å². The summed E-state index contributed by atoms with van der Waals surface area (Å²) in [6.45, 7) is 8.77. The zero-order valence-electron chi connectivity index (χ0n) is 18.9. The number of ether oxygens (including phenoxy) is 2. The first-order chi connectivity index (χ1) is 15.1. The molecule has 1 N–H and O–H groups in total. The summed E-state index contributed by atoms with van der Waals surface area (Å²) in [5.74, 6) is -1.80. The lowest BCUT2D eigenvalue weighted by atomic mass is 10.1. The van der Waals surface area contributed by atoms with Crippen molar-refractivity contribution in [3.8, 4) is 0 Å². The highest BCUT2D eigenvalue weighted by molar-refractivity contribution is 7.89. The molecule has 0 radical (unpaired) electrons. The summed E-state index contributed by atoms with van der Waals surface area (Å²) in [6, 6.07) is 5.34. The van der Waals surface area contributed by atoms with E-state index in [-0.39, 0.29) is 28.3 Å². The van der Waals surface area contributed by atoms with Crippen LogP contribution in [0.2, 0.25) is 0 Å². The minimum absolute atomic E-state index is 0.0674. The van der Waals surface area contributed by atoms with Crippen molar-refractivity contribution in [1.82, 2.24) is 9.29 Å². The molecule has 0 unspecified atom stereocenters. The van der Waals surface area contributed by atoms with Crippen LogP contribution in [0.4, 0.5) is 0 Å². The van der Waals surface area contributed by atoms with Crippen molar-refractivity contribution in [2.75, 3.05) is 26.3 Å². The van der Waals surface area contributed by atoms with Crippen molar-refractivity contribution < 1.29 is 32.3 Å². The normalized spacial score (nSPS) is 11.4. The Labute approximate surface area is 187 Å². The van der Waals surface area contributed by atoms with Crippen molar-refractivity contribution in [1.29, 1.82) is 0 Å². The molecule has 9 nitrogen and oxygen atoms in total. The number of H-pyrrole nitrogens is 1. The molecule has 0 saturated carbocycles. The Hall–Kier alpha value is -2.98. The molecule has 0 bridgehead atoms. The van der Waals surface area contributed by atoms with Crippen LogP contribution >= 0.6 is 0 Å². The second-order valence-corrected chi connectivity index (χ2v) is 8.90. The molecule has 2 rings (SSSR count). The van der Waals surface area contributed by atoms with Gasteiger partial charge in [0.05, 0.1) is 28.3 Å². The molecular weight excluding hydrogens is 436 g/mol. The summed E-state index contributed by atoms with van der Waals surface area (Å²) < 4.78 is 36.4. The molecule has 0 aliphatic heterocycles. The molecule has 1 aromatic heterocycles. The van der Waals surface area contributed by atoms with Gasteiger partial charge in [0.2, 0.25) is 15.8 Å². The van der Waals surface area contributed by atoms with Gasteiger partial charge >= 0.3 is 11.9 Å². The van der Waals surface area contributed by atoms with Gasteiger partial charge in [0.1, 0.15) is 0 Å². The van der Waals surface area contributed by atoms with E-state index in [1.54, 1.807) is 34.6 Å². The quantitative estimate of drug-likeness (QED) is 0.424. The lowest BCUT2D eigenvalue weighted by Gasteiger charge is -2.18. The Bertz CT molecular complexity index is 1100. The maximum Gasteiger partial charge on any atom is 0.340 e. The molecule has 0 atom stereocenters. The third kappa shape index (κ3) is 5.25. The van der Waals surface area contributed by atoms with Crippen LogP contribution in [0, 0.1) is 13.8 Å². The third-order valence-electron chi connectivity index (χ3n) is 4.96. The highest BCUT2D eigenvalue weighted by Gasteiger charge is 2.24. The molecule has 0 fully saturated rings. The van der Waals surface area contributed by atoms with Crippen LogP contribution in [0.25, 0.3) is 0 Å². The number of hydrogen-bond acceptors (Lipinski definition) is 7. The molecule has 10 heteroatoms. The summed E-state index contributed by atoms with van der Waals surface area (Å²) in [5, 5.41) is 0. The van der Waals surface area contributed by atoms with Crippen LogP contribution in [0.3, 0.4) is 0 Å². The van der Waals surface area contributed by atoms with E-state index >= 15 is 0 Å². The van der Waals surface area contributed by atoms with Crippen LogP contribution in [-0.2, 0) is 19.5 Å². The highest BCUT2D eigenvalue weighted by Crippen LogP contribution is 2.20. The van der Waals surface area contributed by atoms with Gasteiger partial charge < -0.3 is 14.5 Å². The van der Waals surface area contributed by atoms with Crippen molar-refractivity contribution in [2.45, 2.75) is 39.5 Å². The first-order valence-corrected chi connectivity index (χ1v) is 11.7. The van der Waals surface area contributed by atoms with E-state index < -0.39 is 34.4 Å². The van der Waals surface area contributed by atoms with E-state index in [4.69, 9.17) is 9.47 Å². The van der Waals surface area contributed by atoms with Gasteiger partial charge in [-0.3, -0.25) is 4.79 Å². The number of aromatic amines is 1. The van der Waals surface area contributed by atoms with Gasteiger partial charge in [0, 0.05) is 18.8 Å². The second kappa shape index (κ2) is 10.6. The maximum absolute atomic E-state index is 12.5. The number of aromatic nitrogens is 1. The topological polar surface area (TPSA) is 123 Å². The van der Waals surface area contributed by atoms with Crippen molar-refractivity contribution in [3.63, 3.8) is 0 Å². The summed E-state index contributed by atoms with van der Waals surface area (Å²) >= 11 is 0. The third-order valence-corrected chi connectivity index (χ3v) is 7.03. The van der Waals surface area contributed by atoms with Crippen LogP contribution in [0.15, 0.2) is 29.2 Å². The van der Waals surface area contributed by atoms with Crippen LogP contribution in [0.5, 0.6) is 0 Å². The molecule has 2 aromatic rings. The van der Waals surface area contributed by atoms with E-state index in [9.17, 15) is 22.8 Å². The van der Waals surface area contributed by atoms with E-state index in [0.717, 1.165) is 0 Å². The number of ketones is 1. The molecule has 0 saturated heterocycles. The SMILES string of the molecule is CCOC(=O)c1c(C)[nH]c(C(=O)COC(=O)c2ccc(S(=O)(=O)N(CC)CC)cc2)c1C. The minimum atomic E-state index is -3.64. The average Bonchev–Trinajstić information content (AvgIpc) is 3.06. The Balaban J connectivity index is 2.09. The van der Waals surface area contributed by atoms with Crippen LogP contribution in [0.1, 0.15) is 63.2 Å². The number of nitrogens with one attached hydrogen (secondary N) is 1. The van der Waals surface area contributed by atoms with Gasteiger partial charge in [0.15, 0.2) is 6.61 Å². The second-order valence-electron chi connectivity index (χ2n) is 6.96. The van der Waals surface area contributed by atoms with E-state index in [1.165, 1.54) is 28.6 Å². The Morgan fingerprint density at radius 3 is 2.06 bits per heavy atom. The van der Waals surface area contributed by atoms with Gasteiger partial charge in [-0.15, -0.1) is 0 Å². The predicted molar refractivity (Wildman–Crippen MR) is 117 cm³/mol. The smallest absolute Gasteiger partial charge is 0.340 e. The fourth-order valence-corrected chi connectivity index (χ4v) is 4.76. The molecule has 0 aliphatic carbocycles. The molecule has 0 amide bonds. The zero-order chi connectivity index (χ0) is 24.1. The maximum atomic E-state index is 12.5.